The Labute approximate surface area is 202 Å². The summed E-state index contributed by atoms with van der Waals surface area (Å²) >= 11 is 3.49. The Kier molecular flexibility index (Phi) is 9.16. The normalized spacial score (nSPS) is 10.9. The number of rotatable bonds is 4. The molecule has 3 rings (SSSR count). The number of amides is 1. The quantitative estimate of drug-likeness (QED) is 0.395. The molecule has 5 nitrogen and oxygen atoms in total. The van der Waals surface area contributed by atoms with Gasteiger partial charge in [0.15, 0.2) is 5.82 Å². The molecular formula is C25H30BrF2N3O2. The standard InChI is InChI=1S/C17H22BrN3O2.C8H8F2/c1-11-6-7-14(18)9-13(11)10-21-12(2)8-15(20-21)19-16(22)23-17(3,4)5;1-2-6-3-4-7(9)5-8(6)10/h6-9H,10H2,1-5H3,(H,19,20,22);3-5H,2H2,1H3. The van der Waals surface area contributed by atoms with E-state index in [-0.39, 0.29) is 0 Å². The Morgan fingerprint density at radius 3 is 2.39 bits per heavy atom. The molecular weight excluding hydrogens is 492 g/mol. The summed E-state index contributed by atoms with van der Waals surface area (Å²) in [6, 6.07) is 11.6. The van der Waals surface area contributed by atoms with Crippen LogP contribution in [0.25, 0.3) is 0 Å². The Balaban J connectivity index is 0.000000321. The van der Waals surface area contributed by atoms with Crippen LogP contribution in [-0.2, 0) is 17.7 Å². The van der Waals surface area contributed by atoms with Gasteiger partial charge in [-0.15, -0.1) is 0 Å². The number of benzene rings is 2. The molecule has 2 aromatic carbocycles. The summed E-state index contributed by atoms with van der Waals surface area (Å²) in [7, 11) is 0. The minimum Gasteiger partial charge on any atom is -0.444 e. The number of hydrogen-bond acceptors (Lipinski definition) is 3. The third-order valence-electron chi connectivity index (χ3n) is 4.64. The van der Waals surface area contributed by atoms with E-state index in [0.29, 0.717) is 24.3 Å². The van der Waals surface area contributed by atoms with Crippen molar-refractivity contribution in [3.05, 3.63) is 81.0 Å². The summed E-state index contributed by atoms with van der Waals surface area (Å²) in [6.07, 6.45) is 0.104. The zero-order valence-corrected chi connectivity index (χ0v) is 21.4. The van der Waals surface area contributed by atoms with Crippen molar-refractivity contribution in [2.24, 2.45) is 0 Å². The molecule has 0 bridgehead atoms. The molecule has 178 valence electrons. The van der Waals surface area contributed by atoms with E-state index in [9.17, 15) is 13.6 Å². The number of nitrogens with one attached hydrogen (secondary N) is 1. The van der Waals surface area contributed by atoms with Crippen molar-refractivity contribution in [1.29, 1.82) is 0 Å². The molecule has 1 heterocycles. The third-order valence-corrected chi connectivity index (χ3v) is 5.13. The number of carbonyl (C=O) groups is 1. The van der Waals surface area contributed by atoms with Gasteiger partial charge >= 0.3 is 6.09 Å². The van der Waals surface area contributed by atoms with Crippen molar-refractivity contribution in [3.8, 4) is 0 Å². The van der Waals surface area contributed by atoms with Gasteiger partial charge in [0, 0.05) is 22.3 Å². The molecule has 0 aliphatic heterocycles. The summed E-state index contributed by atoms with van der Waals surface area (Å²) in [5, 5.41) is 7.10. The Morgan fingerprint density at radius 1 is 1.09 bits per heavy atom. The largest absolute Gasteiger partial charge is 0.444 e. The second-order valence-electron chi connectivity index (χ2n) is 8.62. The van der Waals surface area contributed by atoms with E-state index in [0.717, 1.165) is 16.2 Å². The molecule has 0 aliphatic rings. The first kappa shape index (κ1) is 26.5. The average molecular weight is 522 g/mol. The monoisotopic (exact) mass is 521 g/mol. The van der Waals surface area contributed by atoms with E-state index in [1.165, 1.54) is 23.3 Å². The first-order valence-corrected chi connectivity index (χ1v) is 11.4. The van der Waals surface area contributed by atoms with Crippen LogP contribution in [0.2, 0.25) is 0 Å². The van der Waals surface area contributed by atoms with Crippen molar-refractivity contribution < 1.29 is 18.3 Å². The number of halogens is 3. The summed E-state index contributed by atoms with van der Waals surface area (Å²) < 4.78 is 33.0. The van der Waals surface area contributed by atoms with Crippen LogP contribution in [0.5, 0.6) is 0 Å². The molecule has 0 spiro atoms. The van der Waals surface area contributed by atoms with E-state index in [4.69, 9.17) is 4.74 Å². The van der Waals surface area contributed by atoms with Crippen molar-refractivity contribution >= 4 is 27.8 Å². The fourth-order valence-corrected chi connectivity index (χ4v) is 3.33. The summed E-state index contributed by atoms with van der Waals surface area (Å²) in [5.41, 5.74) is 3.37. The van der Waals surface area contributed by atoms with Gasteiger partial charge < -0.3 is 4.74 Å². The average Bonchev–Trinajstić information content (AvgIpc) is 3.02. The van der Waals surface area contributed by atoms with Gasteiger partial charge in [-0.25, -0.2) is 13.6 Å². The molecule has 0 atom stereocenters. The summed E-state index contributed by atoms with van der Waals surface area (Å²) in [5.74, 6) is -0.485. The lowest BCUT2D eigenvalue weighted by Crippen LogP contribution is -2.27. The second kappa shape index (κ2) is 11.4. The van der Waals surface area contributed by atoms with Crippen molar-refractivity contribution in [2.75, 3.05) is 5.32 Å². The maximum absolute atomic E-state index is 12.6. The highest BCUT2D eigenvalue weighted by Crippen LogP contribution is 2.19. The number of carbonyl (C=O) groups excluding carboxylic acids is 1. The SMILES string of the molecule is CCc1ccc(F)cc1F.Cc1ccc(Br)cc1Cn1nc(NC(=O)OC(C)(C)C)cc1C. The molecule has 0 aliphatic carbocycles. The van der Waals surface area contributed by atoms with Crippen LogP contribution in [0.1, 0.15) is 50.1 Å². The topological polar surface area (TPSA) is 56.2 Å². The highest BCUT2D eigenvalue weighted by Gasteiger charge is 2.17. The Morgan fingerprint density at radius 2 is 1.79 bits per heavy atom. The molecule has 33 heavy (non-hydrogen) atoms. The predicted octanol–water partition coefficient (Wildman–Crippen LogP) is 7.18. The first-order chi connectivity index (χ1) is 15.4. The van der Waals surface area contributed by atoms with Gasteiger partial charge in [-0.3, -0.25) is 10.00 Å². The van der Waals surface area contributed by atoms with Gasteiger partial charge in [-0.05, 0) is 75.9 Å². The number of anilines is 1. The van der Waals surface area contributed by atoms with E-state index >= 15 is 0 Å². The fourth-order valence-electron chi connectivity index (χ4n) is 2.92. The molecule has 1 aromatic heterocycles. The lowest BCUT2D eigenvalue weighted by molar-refractivity contribution is 0.0635. The van der Waals surface area contributed by atoms with E-state index in [2.05, 4.69) is 45.4 Å². The molecule has 0 saturated heterocycles. The Hall–Kier alpha value is -2.74. The summed E-state index contributed by atoms with van der Waals surface area (Å²) in [4.78, 5) is 11.8. The zero-order chi connectivity index (χ0) is 24.8. The maximum Gasteiger partial charge on any atom is 0.413 e. The minimum absolute atomic E-state index is 0.456. The smallest absolute Gasteiger partial charge is 0.413 e. The van der Waals surface area contributed by atoms with Crippen LogP contribution >= 0.6 is 15.9 Å². The zero-order valence-electron chi connectivity index (χ0n) is 19.8. The Bertz CT molecular complexity index is 1110. The van der Waals surface area contributed by atoms with Crippen molar-refractivity contribution in [2.45, 2.75) is 60.1 Å². The first-order valence-electron chi connectivity index (χ1n) is 10.6. The molecule has 1 N–H and O–H groups in total. The lowest BCUT2D eigenvalue weighted by Gasteiger charge is -2.19. The predicted molar refractivity (Wildman–Crippen MR) is 131 cm³/mol. The van der Waals surface area contributed by atoms with Crippen LogP contribution in [0.4, 0.5) is 19.4 Å². The number of aryl methyl sites for hydroxylation is 3. The van der Waals surface area contributed by atoms with Gasteiger partial charge in [-0.1, -0.05) is 35.0 Å². The highest BCUT2D eigenvalue weighted by molar-refractivity contribution is 9.10. The van der Waals surface area contributed by atoms with E-state index < -0.39 is 23.3 Å². The molecule has 3 aromatic rings. The molecule has 0 unspecified atom stereocenters. The number of aromatic nitrogens is 2. The van der Waals surface area contributed by atoms with E-state index in [1.807, 2.05) is 51.4 Å². The van der Waals surface area contributed by atoms with Crippen LogP contribution < -0.4 is 5.32 Å². The van der Waals surface area contributed by atoms with Crippen molar-refractivity contribution in [1.82, 2.24) is 9.78 Å². The molecule has 0 fully saturated rings. The molecule has 8 heteroatoms. The van der Waals surface area contributed by atoms with Gasteiger partial charge in [-0.2, -0.15) is 5.10 Å². The maximum atomic E-state index is 12.6. The van der Waals surface area contributed by atoms with Gasteiger partial charge in [0.1, 0.15) is 17.2 Å². The van der Waals surface area contributed by atoms with Crippen LogP contribution in [0, 0.1) is 25.5 Å². The van der Waals surface area contributed by atoms with Crippen LogP contribution in [-0.4, -0.2) is 21.5 Å². The third kappa shape index (κ3) is 8.61. The van der Waals surface area contributed by atoms with Crippen LogP contribution in [0.3, 0.4) is 0 Å². The van der Waals surface area contributed by atoms with E-state index in [1.54, 1.807) is 0 Å². The van der Waals surface area contributed by atoms with Crippen molar-refractivity contribution in [3.63, 3.8) is 0 Å². The van der Waals surface area contributed by atoms with Crippen LogP contribution in [0.15, 0.2) is 46.9 Å². The molecule has 0 radical (unpaired) electrons. The number of ether oxygens (including phenoxy) is 1. The second-order valence-corrected chi connectivity index (χ2v) is 9.53. The fraction of sp³-hybridized carbons (Fsp3) is 0.360. The molecule has 0 saturated carbocycles. The highest BCUT2D eigenvalue weighted by atomic mass is 79.9. The minimum atomic E-state index is -0.533. The van der Waals surface area contributed by atoms with Gasteiger partial charge in [0.25, 0.3) is 0 Å². The van der Waals surface area contributed by atoms with Gasteiger partial charge in [0.2, 0.25) is 0 Å². The number of hydrogen-bond donors (Lipinski definition) is 1. The lowest BCUT2D eigenvalue weighted by atomic mass is 10.1. The molecule has 1 amide bonds. The summed E-state index contributed by atoms with van der Waals surface area (Å²) in [6.45, 7) is 12.0. The number of nitrogens with zero attached hydrogens (tertiary/aromatic N) is 2. The van der Waals surface area contributed by atoms with Gasteiger partial charge in [0.05, 0.1) is 6.54 Å².